The van der Waals surface area contributed by atoms with Crippen molar-refractivity contribution in [1.82, 2.24) is 4.90 Å². The zero-order valence-electron chi connectivity index (χ0n) is 10.3. The summed E-state index contributed by atoms with van der Waals surface area (Å²) in [7, 11) is 0. The van der Waals surface area contributed by atoms with Crippen molar-refractivity contribution in [2.75, 3.05) is 26.3 Å². The molecule has 0 aromatic heterocycles. The summed E-state index contributed by atoms with van der Waals surface area (Å²) in [6, 6.07) is 0.552. The molecule has 4 heteroatoms. The van der Waals surface area contributed by atoms with Crippen molar-refractivity contribution in [1.29, 1.82) is 0 Å². The Balaban J connectivity index is 1.62. The van der Waals surface area contributed by atoms with Crippen LogP contribution < -0.4 is 5.73 Å². The average molecular weight is 238 g/mol. The van der Waals surface area contributed by atoms with E-state index in [1.807, 2.05) is 0 Å². The molecule has 4 nitrogen and oxygen atoms in total. The highest BCUT2D eigenvalue weighted by molar-refractivity contribution is 5.08. The Kier molecular flexibility index (Phi) is 3.36. The van der Waals surface area contributed by atoms with Crippen LogP contribution in [0.2, 0.25) is 0 Å². The van der Waals surface area contributed by atoms with Crippen LogP contribution in [0.15, 0.2) is 11.8 Å². The molecule has 3 rings (SSSR count). The summed E-state index contributed by atoms with van der Waals surface area (Å²) in [6.45, 7) is 3.81. The predicted octanol–water partition coefficient (Wildman–Crippen LogP) is 0.871. The quantitative estimate of drug-likeness (QED) is 0.775. The van der Waals surface area contributed by atoms with Crippen molar-refractivity contribution in [3.05, 3.63) is 11.8 Å². The number of ether oxygens (including phenoxy) is 2. The van der Waals surface area contributed by atoms with Gasteiger partial charge in [0.05, 0.1) is 25.4 Å². The van der Waals surface area contributed by atoms with Gasteiger partial charge in [-0.05, 0) is 38.3 Å². The van der Waals surface area contributed by atoms with Crippen LogP contribution in [0.3, 0.4) is 0 Å². The van der Waals surface area contributed by atoms with Crippen molar-refractivity contribution >= 4 is 0 Å². The maximum Gasteiger partial charge on any atom is 0.111 e. The zero-order chi connectivity index (χ0) is 11.7. The maximum atomic E-state index is 6.26. The minimum Gasteiger partial charge on any atom is -0.496 e. The van der Waals surface area contributed by atoms with E-state index < -0.39 is 0 Å². The fourth-order valence-electron chi connectivity index (χ4n) is 3.05. The van der Waals surface area contributed by atoms with Gasteiger partial charge in [-0.2, -0.15) is 0 Å². The zero-order valence-corrected chi connectivity index (χ0v) is 10.3. The van der Waals surface area contributed by atoms with Gasteiger partial charge in [0.25, 0.3) is 0 Å². The molecule has 3 atom stereocenters. The van der Waals surface area contributed by atoms with E-state index in [9.17, 15) is 0 Å². The van der Waals surface area contributed by atoms with Crippen LogP contribution in [-0.4, -0.2) is 49.4 Å². The predicted molar refractivity (Wildman–Crippen MR) is 65.6 cm³/mol. The molecule has 0 bridgehead atoms. The van der Waals surface area contributed by atoms with Crippen molar-refractivity contribution in [2.24, 2.45) is 5.73 Å². The Morgan fingerprint density at radius 3 is 3.18 bits per heavy atom. The van der Waals surface area contributed by atoms with Gasteiger partial charge in [-0.25, -0.2) is 0 Å². The molecular formula is C13H22N2O2. The van der Waals surface area contributed by atoms with Gasteiger partial charge >= 0.3 is 0 Å². The lowest BCUT2D eigenvalue weighted by atomic mass is 10.0. The lowest BCUT2D eigenvalue weighted by molar-refractivity contribution is -0.0613. The highest BCUT2D eigenvalue weighted by Crippen LogP contribution is 2.25. The maximum absolute atomic E-state index is 6.26. The molecule has 2 saturated heterocycles. The van der Waals surface area contributed by atoms with Crippen LogP contribution in [0, 0.1) is 0 Å². The summed E-state index contributed by atoms with van der Waals surface area (Å²) in [6.07, 6.45) is 7.01. The third kappa shape index (κ3) is 2.34. The van der Waals surface area contributed by atoms with E-state index in [2.05, 4.69) is 11.0 Å². The number of allylic oxidation sites excluding steroid dienone is 1. The first-order chi connectivity index (χ1) is 8.34. The second-order valence-electron chi connectivity index (χ2n) is 5.29. The monoisotopic (exact) mass is 238 g/mol. The molecule has 17 heavy (non-hydrogen) atoms. The van der Waals surface area contributed by atoms with E-state index in [4.69, 9.17) is 15.2 Å². The molecule has 0 aromatic carbocycles. The van der Waals surface area contributed by atoms with Crippen LogP contribution in [0.5, 0.6) is 0 Å². The molecule has 96 valence electrons. The minimum absolute atomic E-state index is 0.0863. The van der Waals surface area contributed by atoms with Crippen molar-refractivity contribution in [3.8, 4) is 0 Å². The minimum atomic E-state index is -0.0863. The highest BCUT2D eigenvalue weighted by Gasteiger charge is 2.36. The van der Waals surface area contributed by atoms with Gasteiger partial charge in [0, 0.05) is 12.6 Å². The van der Waals surface area contributed by atoms with Crippen molar-refractivity contribution < 1.29 is 9.47 Å². The second kappa shape index (κ2) is 4.96. The largest absolute Gasteiger partial charge is 0.496 e. The fourth-order valence-corrected chi connectivity index (χ4v) is 3.05. The Labute approximate surface area is 103 Å². The topological polar surface area (TPSA) is 47.7 Å². The van der Waals surface area contributed by atoms with E-state index in [-0.39, 0.29) is 12.1 Å². The van der Waals surface area contributed by atoms with Gasteiger partial charge in [-0.3, -0.25) is 4.90 Å². The summed E-state index contributed by atoms with van der Waals surface area (Å²) in [4.78, 5) is 2.53. The van der Waals surface area contributed by atoms with Gasteiger partial charge in [0.2, 0.25) is 0 Å². The molecule has 0 spiro atoms. The molecule has 2 N–H and O–H groups in total. The van der Waals surface area contributed by atoms with E-state index in [1.54, 1.807) is 0 Å². The molecule has 0 saturated carbocycles. The van der Waals surface area contributed by atoms with Gasteiger partial charge in [0.1, 0.15) is 5.76 Å². The molecule has 0 radical (unpaired) electrons. The van der Waals surface area contributed by atoms with E-state index in [0.29, 0.717) is 6.04 Å². The number of fused-ring (bicyclic) bond motifs is 1. The molecule has 3 aliphatic heterocycles. The van der Waals surface area contributed by atoms with Crippen molar-refractivity contribution in [2.45, 2.75) is 43.9 Å². The molecule has 3 heterocycles. The SMILES string of the molecule is NC(C1=CCCCO1)C1CN2CCCC2CO1. The smallest absolute Gasteiger partial charge is 0.111 e. The third-order valence-electron chi connectivity index (χ3n) is 4.11. The standard InChI is InChI=1S/C13H22N2O2/c14-13(11-5-1-2-7-16-11)12-8-15-6-3-4-10(15)9-17-12/h5,10,12-13H,1-4,6-9,14H2. The Bertz CT molecular complexity index is 306. The van der Waals surface area contributed by atoms with E-state index in [1.165, 1.54) is 19.4 Å². The summed E-state index contributed by atoms with van der Waals surface area (Å²) in [5, 5.41) is 0. The van der Waals surface area contributed by atoms with Crippen LogP contribution >= 0.6 is 0 Å². The summed E-state index contributed by atoms with van der Waals surface area (Å²) < 4.78 is 11.6. The van der Waals surface area contributed by atoms with Crippen LogP contribution in [0.25, 0.3) is 0 Å². The lowest BCUT2D eigenvalue weighted by Gasteiger charge is -2.38. The number of hydrogen-bond acceptors (Lipinski definition) is 4. The van der Waals surface area contributed by atoms with Gasteiger partial charge in [-0.15, -0.1) is 0 Å². The molecule has 3 unspecified atom stereocenters. The van der Waals surface area contributed by atoms with Gasteiger partial charge in [-0.1, -0.05) is 0 Å². The third-order valence-corrected chi connectivity index (χ3v) is 4.11. The highest BCUT2D eigenvalue weighted by atomic mass is 16.5. The first kappa shape index (κ1) is 11.5. The van der Waals surface area contributed by atoms with Crippen LogP contribution in [0.4, 0.5) is 0 Å². The van der Waals surface area contributed by atoms with Crippen molar-refractivity contribution in [3.63, 3.8) is 0 Å². The summed E-state index contributed by atoms with van der Waals surface area (Å²) in [5.74, 6) is 0.943. The number of nitrogens with zero attached hydrogens (tertiary/aromatic N) is 1. The number of morpholine rings is 1. The molecule has 3 aliphatic rings. The first-order valence-corrected chi connectivity index (χ1v) is 6.78. The number of hydrogen-bond donors (Lipinski definition) is 1. The lowest BCUT2D eigenvalue weighted by Crippen LogP contribution is -2.53. The average Bonchev–Trinajstić information content (AvgIpc) is 2.86. The second-order valence-corrected chi connectivity index (χ2v) is 5.29. The number of nitrogens with two attached hydrogens (primary N) is 1. The molecule has 2 fully saturated rings. The molecule has 0 aromatic rings. The fraction of sp³-hybridized carbons (Fsp3) is 0.846. The van der Waals surface area contributed by atoms with Crippen LogP contribution in [-0.2, 0) is 9.47 Å². The summed E-state index contributed by atoms with van der Waals surface area (Å²) in [5.41, 5.74) is 6.26. The normalized spacial score (nSPS) is 35.9. The van der Waals surface area contributed by atoms with E-state index in [0.717, 1.165) is 38.4 Å². The van der Waals surface area contributed by atoms with Crippen LogP contribution in [0.1, 0.15) is 25.7 Å². The molecule has 0 aliphatic carbocycles. The van der Waals surface area contributed by atoms with Gasteiger partial charge < -0.3 is 15.2 Å². The molecular weight excluding hydrogens is 216 g/mol. The Morgan fingerprint density at radius 1 is 1.41 bits per heavy atom. The first-order valence-electron chi connectivity index (χ1n) is 6.78. The number of rotatable bonds is 2. The molecule has 0 amide bonds. The Morgan fingerprint density at radius 2 is 2.35 bits per heavy atom. The Hall–Kier alpha value is -0.580. The van der Waals surface area contributed by atoms with E-state index >= 15 is 0 Å². The van der Waals surface area contributed by atoms with Gasteiger partial charge in [0.15, 0.2) is 0 Å². The summed E-state index contributed by atoms with van der Waals surface area (Å²) >= 11 is 0.